The average Bonchev–Trinajstić information content (AvgIpc) is 2.91. The van der Waals surface area contributed by atoms with Crippen LogP contribution in [0.5, 0.6) is 5.75 Å². The van der Waals surface area contributed by atoms with Crippen LogP contribution in [0, 0.1) is 0 Å². The van der Waals surface area contributed by atoms with Crippen molar-refractivity contribution in [1.29, 1.82) is 0 Å². The molecule has 0 fully saturated rings. The maximum atomic E-state index is 5.94. The molecule has 0 unspecified atom stereocenters. The van der Waals surface area contributed by atoms with Gasteiger partial charge in [-0.2, -0.15) is 0 Å². The van der Waals surface area contributed by atoms with Gasteiger partial charge in [0.1, 0.15) is 5.75 Å². The van der Waals surface area contributed by atoms with E-state index in [2.05, 4.69) is 110 Å². The molecule has 4 aromatic carbocycles. The Kier molecular flexibility index (Phi) is 8.97. The minimum Gasteiger partial charge on any atom is -0.494 e. The van der Waals surface area contributed by atoms with E-state index in [4.69, 9.17) is 4.74 Å². The van der Waals surface area contributed by atoms with Gasteiger partial charge in [0.05, 0.1) is 6.61 Å². The van der Waals surface area contributed by atoms with Gasteiger partial charge in [-0.25, -0.2) is 0 Å². The summed E-state index contributed by atoms with van der Waals surface area (Å²) >= 11 is 0. The first-order valence-corrected chi connectivity index (χ1v) is 12.8. The standard InChI is InChI=1S/C33H36O/c1-2-3-4-5-6-7-11-26-34-33-24-22-32(23-25-33)31-20-18-30(19-21-31)29-16-14-28(15-17-29)27-12-9-8-10-13-27/h8-10,12-25H,2-7,11,26H2,1H3. The SMILES string of the molecule is CCCCCCCCCOc1ccc(-c2ccc(-c3ccc(-c4ccccc4)cc3)cc2)cc1. The zero-order valence-corrected chi connectivity index (χ0v) is 20.4. The topological polar surface area (TPSA) is 9.23 Å². The minimum absolute atomic E-state index is 0.810. The molecule has 34 heavy (non-hydrogen) atoms. The molecule has 0 radical (unpaired) electrons. The van der Waals surface area contributed by atoms with E-state index in [1.54, 1.807) is 0 Å². The van der Waals surface area contributed by atoms with Crippen LogP contribution in [0.4, 0.5) is 0 Å². The summed E-state index contributed by atoms with van der Waals surface area (Å²) in [5.41, 5.74) is 7.41. The van der Waals surface area contributed by atoms with Crippen molar-refractivity contribution in [3.63, 3.8) is 0 Å². The molecule has 0 spiro atoms. The van der Waals surface area contributed by atoms with Gasteiger partial charge in [0.15, 0.2) is 0 Å². The Morgan fingerprint density at radius 2 is 0.794 bits per heavy atom. The maximum absolute atomic E-state index is 5.94. The number of benzene rings is 4. The van der Waals surface area contributed by atoms with E-state index in [0.717, 1.165) is 18.8 Å². The fourth-order valence-corrected chi connectivity index (χ4v) is 4.33. The zero-order chi connectivity index (χ0) is 23.4. The second-order valence-corrected chi connectivity index (χ2v) is 9.01. The Morgan fingerprint density at radius 3 is 1.26 bits per heavy atom. The summed E-state index contributed by atoms with van der Waals surface area (Å²) in [6.07, 6.45) is 9.15. The number of hydrogen-bond acceptors (Lipinski definition) is 1. The molecule has 4 aromatic rings. The van der Waals surface area contributed by atoms with Crippen LogP contribution < -0.4 is 4.74 Å². The molecule has 0 bridgehead atoms. The molecule has 1 nitrogen and oxygen atoms in total. The van der Waals surface area contributed by atoms with Crippen molar-refractivity contribution in [2.75, 3.05) is 6.61 Å². The molecule has 174 valence electrons. The van der Waals surface area contributed by atoms with Crippen LogP contribution >= 0.6 is 0 Å². The monoisotopic (exact) mass is 448 g/mol. The molecule has 1 heteroatoms. The second-order valence-electron chi connectivity index (χ2n) is 9.01. The quantitative estimate of drug-likeness (QED) is 0.196. The summed E-state index contributed by atoms with van der Waals surface area (Å²) in [6, 6.07) is 36.6. The van der Waals surface area contributed by atoms with E-state index >= 15 is 0 Å². The lowest BCUT2D eigenvalue weighted by molar-refractivity contribution is 0.304. The number of hydrogen-bond donors (Lipinski definition) is 0. The van der Waals surface area contributed by atoms with E-state index in [1.165, 1.54) is 71.9 Å². The molecule has 0 amide bonds. The Bertz CT molecular complexity index is 1090. The lowest BCUT2D eigenvalue weighted by atomic mass is 9.98. The van der Waals surface area contributed by atoms with E-state index in [0.29, 0.717) is 0 Å². The number of unbranched alkanes of at least 4 members (excludes halogenated alkanes) is 6. The van der Waals surface area contributed by atoms with Crippen molar-refractivity contribution < 1.29 is 4.74 Å². The highest BCUT2D eigenvalue weighted by atomic mass is 16.5. The van der Waals surface area contributed by atoms with Gasteiger partial charge in [-0.15, -0.1) is 0 Å². The summed E-state index contributed by atoms with van der Waals surface area (Å²) in [6.45, 7) is 3.07. The predicted octanol–water partition coefficient (Wildman–Crippen LogP) is 9.82. The highest BCUT2D eigenvalue weighted by Gasteiger charge is 2.03. The van der Waals surface area contributed by atoms with Gasteiger partial charge in [0.2, 0.25) is 0 Å². The van der Waals surface area contributed by atoms with Crippen molar-refractivity contribution in [2.24, 2.45) is 0 Å². The largest absolute Gasteiger partial charge is 0.494 e. The van der Waals surface area contributed by atoms with Crippen LogP contribution in [-0.2, 0) is 0 Å². The Labute approximate surface area is 205 Å². The van der Waals surface area contributed by atoms with Gasteiger partial charge in [-0.3, -0.25) is 0 Å². The van der Waals surface area contributed by atoms with Crippen molar-refractivity contribution in [3.8, 4) is 39.1 Å². The fourth-order valence-electron chi connectivity index (χ4n) is 4.33. The lowest BCUT2D eigenvalue weighted by Gasteiger charge is -2.09. The van der Waals surface area contributed by atoms with Gasteiger partial charge >= 0.3 is 0 Å². The highest BCUT2D eigenvalue weighted by Crippen LogP contribution is 2.28. The van der Waals surface area contributed by atoms with Crippen LogP contribution in [0.1, 0.15) is 51.9 Å². The van der Waals surface area contributed by atoms with Crippen molar-refractivity contribution >= 4 is 0 Å². The second kappa shape index (κ2) is 12.8. The molecule has 0 aliphatic rings. The first-order chi connectivity index (χ1) is 16.8. The molecule has 0 saturated carbocycles. The molecular formula is C33H36O. The molecule has 4 rings (SSSR count). The van der Waals surface area contributed by atoms with E-state index in [1.807, 2.05) is 0 Å². The van der Waals surface area contributed by atoms with Crippen LogP contribution in [0.3, 0.4) is 0 Å². The van der Waals surface area contributed by atoms with E-state index in [-0.39, 0.29) is 0 Å². The van der Waals surface area contributed by atoms with Gasteiger partial charge in [0.25, 0.3) is 0 Å². The summed E-state index contributed by atoms with van der Waals surface area (Å²) in [7, 11) is 0. The third-order valence-electron chi connectivity index (χ3n) is 6.41. The van der Waals surface area contributed by atoms with Crippen LogP contribution in [0.2, 0.25) is 0 Å². The fraction of sp³-hybridized carbons (Fsp3) is 0.273. The van der Waals surface area contributed by atoms with Crippen molar-refractivity contribution in [3.05, 3.63) is 103 Å². The van der Waals surface area contributed by atoms with Gasteiger partial charge in [0, 0.05) is 0 Å². The summed E-state index contributed by atoms with van der Waals surface area (Å²) in [5.74, 6) is 0.963. The lowest BCUT2D eigenvalue weighted by Crippen LogP contribution is -1.97. The van der Waals surface area contributed by atoms with Gasteiger partial charge < -0.3 is 4.74 Å². The van der Waals surface area contributed by atoms with Crippen molar-refractivity contribution in [1.82, 2.24) is 0 Å². The smallest absolute Gasteiger partial charge is 0.119 e. The molecule has 0 atom stereocenters. The van der Waals surface area contributed by atoms with Crippen LogP contribution in [-0.4, -0.2) is 6.61 Å². The Balaban J connectivity index is 1.28. The molecule has 0 heterocycles. The third-order valence-corrected chi connectivity index (χ3v) is 6.41. The third kappa shape index (κ3) is 6.84. The summed E-state index contributed by atoms with van der Waals surface area (Å²) in [5, 5.41) is 0. The molecular weight excluding hydrogens is 412 g/mol. The first kappa shape index (κ1) is 23.8. The first-order valence-electron chi connectivity index (χ1n) is 12.8. The molecule has 0 aromatic heterocycles. The van der Waals surface area contributed by atoms with E-state index in [9.17, 15) is 0 Å². The Morgan fingerprint density at radius 1 is 0.412 bits per heavy atom. The van der Waals surface area contributed by atoms with Crippen LogP contribution in [0.25, 0.3) is 33.4 Å². The highest BCUT2D eigenvalue weighted by molar-refractivity contribution is 5.73. The summed E-state index contributed by atoms with van der Waals surface area (Å²) < 4.78 is 5.94. The summed E-state index contributed by atoms with van der Waals surface area (Å²) in [4.78, 5) is 0. The minimum atomic E-state index is 0.810. The van der Waals surface area contributed by atoms with E-state index < -0.39 is 0 Å². The molecule has 0 N–H and O–H groups in total. The maximum Gasteiger partial charge on any atom is 0.119 e. The Hall–Kier alpha value is -3.32. The molecule has 0 saturated heterocycles. The number of ether oxygens (including phenoxy) is 1. The number of rotatable bonds is 12. The van der Waals surface area contributed by atoms with Gasteiger partial charge in [-0.1, -0.05) is 136 Å². The molecule has 0 aliphatic carbocycles. The van der Waals surface area contributed by atoms with Crippen LogP contribution in [0.15, 0.2) is 103 Å². The van der Waals surface area contributed by atoms with Gasteiger partial charge in [-0.05, 0) is 51.9 Å². The average molecular weight is 449 g/mol. The normalized spacial score (nSPS) is 10.9. The molecule has 0 aliphatic heterocycles. The zero-order valence-electron chi connectivity index (χ0n) is 20.4. The van der Waals surface area contributed by atoms with Crippen molar-refractivity contribution in [2.45, 2.75) is 51.9 Å². The predicted molar refractivity (Wildman–Crippen MR) is 146 cm³/mol.